The lowest BCUT2D eigenvalue weighted by molar-refractivity contribution is 0.0359. The molecule has 0 spiro atoms. The minimum Gasteiger partial charge on any atom is -0.497 e. The second kappa shape index (κ2) is 11.5. The van der Waals surface area contributed by atoms with E-state index in [4.69, 9.17) is 21.1 Å². The van der Waals surface area contributed by atoms with Crippen molar-refractivity contribution in [1.29, 1.82) is 0 Å². The minimum atomic E-state index is 0.0645. The van der Waals surface area contributed by atoms with Gasteiger partial charge in [-0.1, -0.05) is 41.6 Å². The van der Waals surface area contributed by atoms with Crippen molar-refractivity contribution < 1.29 is 14.3 Å². The van der Waals surface area contributed by atoms with Gasteiger partial charge in [0.25, 0.3) is 5.91 Å². The smallest absolute Gasteiger partial charge is 0.254 e. The quantitative estimate of drug-likeness (QED) is 0.233. The van der Waals surface area contributed by atoms with E-state index in [0.29, 0.717) is 15.9 Å². The summed E-state index contributed by atoms with van der Waals surface area (Å²) in [5.74, 6) is 2.29. The van der Waals surface area contributed by atoms with Crippen LogP contribution in [0.15, 0.2) is 71.9 Å². The Hall–Kier alpha value is -3.56. The van der Waals surface area contributed by atoms with Crippen LogP contribution < -0.4 is 9.47 Å². The Balaban J connectivity index is 1.07. The normalized spacial score (nSPS) is 20.0. The summed E-state index contributed by atoms with van der Waals surface area (Å²) < 4.78 is 13.2. The fraction of sp³-hybridized carbons (Fsp3) is 0.333. The molecule has 2 unspecified atom stereocenters. The lowest BCUT2D eigenvalue weighted by Crippen LogP contribution is -2.49. The van der Waals surface area contributed by atoms with Gasteiger partial charge in [-0.05, 0) is 89.8 Å². The Kier molecular flexibility index (Phi) is 7.67. The zero-order valence-electron chi connectivity index (χ0n) is 22.4. The maximum atomic E-state index is 13.5. The molecule has 1 amide bonds. The summed E-state index contributed by atoms with van der Waals surface area (Å²) in [7, 11) is 1.64. The molecule has 10 heteroatoms. The number of nitrogens with zero attached hydrogens (tertiary/aromatic N) is 5. The summed E-state index contributed by atoms with van der Waals surface area (Å²) in [4.78, 5) is 15.6. The summed E-state index contributed by atoms with van der Waals surface area (Å²) in [5, 5.41) is 13.5. The van der Waals surface area contributed by atoms with Gasteiger partial charge in [0.15, 0.2) is 0 Å². The molecule has 0 saturated carbocycles. The molecule has 0 N–H and O–H groups in total. The largest absolute Gasteiger partial charge is 0.497 e. The van der Waals surface area contributed by atoms with E-state index < -0.39 is 0 Å². The van der Waals surface area contributed by atoms with Crippen LogP contribution in [-0.4, -0.2) is 56.3 Å². The average molecular weight is 576 g/mol. The highest BCUT2D eigenvalue weighted by atomic mass is 35.5. The molecule has 1 aromatic heterocycles. The summed E-state index contributed by atoms with van der Waals surface area (Å²) in [6.45, 7) is 2.03. The van der Waals surface area contributed by atoms with E-state index in [0.717, 1.165) is 59.6 Å². The highest BCUT2D eigenvalue weighted by molar-refractivity contribution is 7.98. The molecule has 206 valence electrons. The third-order valence-electron chi connectivity index (χ3n) is 7.63. The van der Waals surface area contributed by atoms with Gasteiger partial charge in [-0.3, -0.25) is 4.79 Å². The number of fused-ring (bicyclic) bond motifs is 2. The zero-order valence-corrected chi connectivity index (χ0v) is 23.9. The lowest BCUT2D eigenvalue weighted by atomic mass is 9.98. The van der Waals surface area contributed by atoms with Crippen molar-refractivity contribution in [1.82, 2.24) is 25.1 Å². The minimum absolute atomic E-state index is 0.0645. The number of ether oxygens (including phenoxy) is 2. The fourth-order valence-corrected chi connectivity index (χ4v) is 6.64. The highest BCUT2D eigenvalue weighted by Gasteiger charge is 2.44. The SMILES string of the molecule is COc1ccc(-n2nnnc2SCc2ccc(C(=O)N3C4CCC3CC(Oc3cc(C)ccc3Cl)C4)cc2)cc1. The van der Waals surface area contributed by atoms with Gasteiger partial charge in [0, 0.05) is 36.2 Å². The number of thioether (sulfide) groups is 1. The Morgan fingerprint density at radius 2 is 1.75 bits per heavy atom. The van der Waals surface area contributed by atoms with Crippen LogP contribution in [0, 0.1) is 6.92 Å². The molecule has 8 nitrogen and oxygen atoms in total. The summed E-state index contributed by atoms with van der Waals surface area (Å²) in [5.41, 5.74) is 3.79. The summed E-state index contributed by atoms with van der Waals surface area (Å²) in [6.07, 6.45) is 3.73. The van der Waals surface area contributed by atoms with E-state index in [1.807, 2.05) is 73.7 Å². The zero-order chi connectivity index (χ0) is 27.6. The van der Waals surface area contributed by atoms with Crippen LogP contribution in [0.1, 0.15) is 47.2 Å². The molecule has 6 rings (SSSR count). The number of amides is 1. The van der Waals surface area contributed by atoms with Crippen molar-refractivity contribution in [3.05, 3.63) is 88.4 Å². The van der Waals surface area contributed by atoms with Crippen molar-refractivity contribution in [2.24, 2.45) is 0 Å². The van der Waals surface area contributed by atoms with Gasteiger partial charge in [0.05, 0.1) is 17.8 Å². The van der Waals surface area contributed by atoms with E-state index in [9.17, 15) is 4.79 Å². The molecule has 2 aliphatic rings. The van der Waals surface area contributed by atoms with Crippen molar-refractivity contribution >= 4 is 29.3 Å². The molecule has 2 bridgehead atoms. The molecule has 2 atom stereocenters. The average Bonchev–Trinajstić information content (AvgIpc) is 3.55. The molecular weight excluding hydrogens is 546 g/mol. The molecule has 40 heavy (non-hydrogen) atoms. The molecule has 3 heterocycles. The van der Waals surface area contributed by atoms with Gasteiger partial charge in [0.2, 0.25) is 5.16 Å². The topological polar surface area (TPSA) is 82.4 Å². The first-order valence-electron chi connectivity index (χ1n) is 13.4. The predicted octanol–water partition coefficient (Wildman–Crippen LogP) is 6.14. The molecule has 4 aromatic rings. The van der Waals surface area contributed by atoms with Gasteiger partial charge in [-0.15, -0.1) is 5.10 Å². The van der Waals surface area contributed by atoms with Crippen molar-refractivity contribution in [3.8, 4) is 17.2 Å². The standard InChI is InChI=1S/C30H30ClN5O3S/c1-19-3-14-27(31)28(15-19)39-26-16-23-8-9-24(17-26)35(23)29(37)21-6-4-20(5-7-21)18-40-30-32-33-34-36(30)22-10-12-25(38-2)13-11-22/h3-7,10-15,23-24,26H,8-9,16-18H2,1-2H3. The third kappa shape index (κ3) is 5.53. The third-order valence-corrected chi connectivity index (χ3v) is 8.93. The van der Waals surface area contributed by atoms with E-state index >= 15 is 0 Å². The maximum Gasteiger partial charge on any atom is 0.254 e. The van der Waals surface area contributed by atoms with E-state index in [2.05, 4.69) is 20.4 Å². The molecular formula is C30H30ClN5O3S. The van der Waals surface area contributed by atoms with Crippen LogP contribution in [0.25, 0.3) is 5.69 Å². The number of hydrogen-bond donors (Lipinski definition) is 0. The van der Waals surface area contributed by atoms with Crippen molar-refractivity contribution in [2.75, 3.05) is 7.11 Å². The number of hydrogen-bond acceptors (Lipinski definition) is 7. The number of aryl methyl sites for hydroxylation is 1. The van der Waals surface area contributed by atoms with E-state index in [1.165, 1.54) is 0 Å². The monoisotopic (exact) mass is 575 g/mol. The van der Waals surface area contributed by atoms with Crippen molar-refractivity contribution in [2.45, 2.75) is 61.7 Å². The van der Waals surface area contributed by atoms with Crippen LogP contribution in [0.5, 0.6) is 11.5 Å². The molecule has 3 aromatic carbocycles. The number of methoxy groups -OCH3 is 1. The number of tetrazole rings is 1. The van der Waals surface area contributed by atoms with Crippen LogP contribution in [0.3, 0.4) is 0 Å². The van der Waals surface area contributed by atoms with Gasteiger partial charge in [0.1, 0.15) is 17.6 Å². The van der Waals surface area contributed by atoms with Gasteiger partial charge in [-0.25, -0.2) is 0 Å². The number of halogens is 1. The molecule has 0 radical (unpaired) electrons. The number of aromatic nitrogens is 4. The number of benzene rings is 3. The molecule has 2 aliphatic heterocycles. The number of carbonyl (C=O) groups excluding carboxylic acids is 1. The van der Waals surface area contributed by atoms with E-state index in [-0.39, 0.29) is 24.1 Å². The van der Waals surface area contributed by atoms with Gasteiger partial charge in [-0.2, -0.15) is 4.68 Å². The Labute approximate surface area is 242 Å². The fourth-order valence-electron chi connectivity index (χ4n) is 5.63. The summed E-state index contributed by atoms with van der Waals surface area (Å²) in [6, 6.07) is 21.7. The molecule has 2 saturated heterocycles. The first-order valence-corrected chi connectivity index (χ1v) is 14.7. The first-order chi connectivity index (χ1) is 19.5. The van der Waals surface area contributed by atoms with Crippen LogP contribution in [-0.2, 0) is 5.75 Å². The molecule has 0 aliphatic carbocycles. The Morgan fingerprint density at radius 1 is 1.02 bits per heavy atom. The Morgan fingerprint density at radius 3 is 2.45 bits per heavy atom. The first kappa shape index (κ1) is 26.7. The second-order valence-corrected chi connectivity index (χ2v) is 11.6. The molecule has 2 fully saturated rings. The van der Waals surface area contributed by atoms with Gasteiger partial charge < -0.3 is 14.4 Å². The lowest BCUT2D eigenvalue weighted by Gasteiger charge is -2.39. The predicted molar refractivity (Wildman–Crippen MR) is 155 cm³/mol. The number of rotatable bonds is 8. The highest BCUT2D eigenvalue weighted by Crippen LogP contribution is 2.39. The van der Waals surface area contributed by atoms with Gasteiger partial charge >= 0.3 is 0 Å². The summed E-state index contributed by atoms with van der Waals surface area (Å²) >= 11 is 7.91. The number of carbonyl (C=O) groups is 1. The second-order valence-electron chi connectivity index (χ2n) is 10.3. The van der Waals surface area contributed by atoms with Crippen LogP contribution >= 0.6 is 23.4 Å². The van der Waals surface area contributed by atoms with Crippen molar-refractivity contribution in [3.63, 3.8) is 0 Å². The number of piperidine rings is 1. The van der Waals surface area contributed by atoms with Crippen LogP contribution in [0.2, 0.25) is 5.02 Å². The van der Waals surface area contributed by atoms with Crippen LogP contribution in [0.4, 0.5) is 0 Å². The Bertz CT molecular complexity index is 1480. The van der Waals surface area contributed by atoms with E-state index in [1.54, 1.807) is 23.6 Å². The maximum absolute atomic E-state index is 13.5.